The van der Waals surface area contributed by atoms with E-state index in [1.54, 1.807) is 12.1 Å². The van der Waals surface area contributed by atoms with Gasteiger partial charge in [-0.05, 0) is 44.4 Å². The summed E-state index contributed by atoms with van der Waals surface area (Å²) in [4.78, 5) is 11.8. The standard InChI is InChI=1S/C12H18N2O2/c1-8-5-6-11(16-8)12(15)14-10-4-2-3-9(10)7-13/h5-6,9-10H,2-4,7,13H2,1H3,(H,14,15). The maximum atomic E-state index is 11.8. The van der Waals surface area contributed by atoms with Crippen LogP contribution in [0.25, 0.3) is 0 Å². The molecule has 2 unspecified atom stereocenters. The molecule has 1 aromatic heterocycles. The molecule has 1 saturated carbocycles. The Hall–Kier alpha value is -1.29. The van der Waals surface area contributed by atoms with Crippen LogP contribution in [-0.2, 0) is 0 Å². The van der Waals surface area contributed by atoms with Gasteiger partial charge in [0.25, 0.3) is 5.91 Å². The molecular formula is C12H18N2O2. The van der Waals surface area contributed by atoms with E-state index < -0.39 is 0 Å². The average Bonchev–Trinajstić information content (AvgIpc) is 2.86. The highest BCUT2D eigenvalue weighted by Gasteiger charge is 2.28. The van der Waals surface area contributed by atoms with Gasteiger partial charge in [0.1, 0.15) is 5.76 Å². The van der Waals surface area contributed by atoms with Gasteiger partial charge in [-0.1, -0.05) is 6.42 Å². The second-order valence-corrected chi connectivity index (χ2v) is 4.42. The molecule has 1 aromatic rings. The van der Waals surface area contributed by atoms with Gasteiger partial charge in [0, 0.05) is 6.04 Å². The Morgan fingerprint density at radius 3 is 3.00 bits per heavy atom. The quantitative estimate of drug-likeness (QED) is 0.813. The van der Waals surface area contributed by atoms with E-state index in [2.05, 4.69) is 5.32 Å². The van der Waals surface area contributed by atoms with Crippen molar-refractivity contribution in [2.75, 3.05) is 6.54 Å². The highest BCUT2D eigenvalue weighted by atomic mass is 16.3. The lowest BCUT2D eigenvalue weighted by molar-refractivity contribution is 0.0899. The molecule has 3 N–H and O–H groups in total. The largest absolute Gasteiger partial charge is 0.456 e. The van der Waals surface area contributed by atoms with Crippen molar-refractivity contribution in [1.82, 2.24) is 5.32 Å². The Kier molecular flexibility index (Phi) is 3.29. The maximum Gasteiger partial charge on any atom is 0.287 e. The van der Waals surface area contributed by atoms with E-state index in [-0.39, 0.29) is 11.9 Å². The minimum Gasteiger partial charge on any atom is -0.456 e. The fourth-order valence-corrected chi connectivity index (χ4v) is 2.31. The van der Waals surface area contributed by atoms with Gasteiger partial charge in [-0.25, -0.2) is 0 Å². The van der Waals surface area contributed by atoms with Crippen molar-refractivity contribution < 1.29 is 9.21 Å². The number of rotatable bonds is 3. The summed E-state index contributed by atoms with van der Waals surface area (Å²) in [5.41, 5.74) is 5.67. The first-order chi connectivity index (χ1) is 7.70. The van der Waals surface area contributed by atoms with Crippen LogP contribution in [-0.4, -0.2) is 18.5 Å². The minimum absolute atomic E-state index is 0.126. The zero-order chi connectivity index (χ0) is 11.5. The Balaban J connectivity index is 1.97. The molecule has 4 nitrogen and oxygen atoms in total. The molecule has 0 spiro atoms. The van der Waals surface area contributed by atoms with Crippen LogP contribution in [0.4, 0.5) is 0 Å². The Morgan fingerprint density at radius 2 is 2.38 bits per heavy atom. The molecule has 4 heteroatoms. The van der Waals surface area contributed by atoms with Crippen LogP contribution in [0.5, 0.6) is 0 Å². The van der Waals surface area contributed by atoms with Crippen LogP contribution < -0.4 is 11.1 Å². The molecule has 16 heavy (non-hydrogen) atoms. The van der Waals surface area contributed by atoms with Gasteiger partial charge in [-0.2, -0.15) is 0 Å². The average molecular weight is 222 g/mol. The summed E-state index contributed by atoms with van der Waals surface area (Å²) in [6.07, 6.45) is 3.27. The topological polar surface area (TPSA) is 68.3 Å². The molecule has 1 amide bonds. The molecule has 0 saturated heterocycles. The van der Waals surface area contributed by atoms with Gasteiger partial charge in [0.15, 0.2) is 5.76 Å². The number of carbonyl (C=O) groups is 1. The molecule has 1 aliphatic carbocycles. The van der Waals surface area contributed by atoms with Crippen molar-refractivity contribution in [3.05, 3.63) is 23.7 Å². The molecule has 88 valence electrons. The summed E-state index contributed by atoms with van der Waals surface area (Å²) < 4.78 is 5.28. The number of amides is 1. The van der Waals surface area contributed by atoms with Gasteiger partial charge in [-0.3, -0.25) is 4.79 Å². The molecule has 0 bridgehead atoms. The Labute approximate surface area is 95.2 Å². The van der Waals surface area contributed by atoms with E-state index in [4.69, 9.17) is 10.2 Å². The fourth-order valence-electron chi connectivity index (χ4n) is 2.31. The third-order valence-electron chi connectivity index (χ3n) is 3.24. The molecule has 1 aliphatic rings. The first-order valence-corrected chi connectivity index (χ1v) is 5.78. The van der Waals surface area contributed by atoms with E-state index in [9.17, 15) is 4.79 Å². The van der Waals surface area contributed by atoms with Crippen molar-refractivity contribution in [1.29, 1.82) is 0 Å². The number of carbonyl (C=O) groups excluding carboxylic acids is 1. The molecule has 0 radical (unpaired) electrons. The first-order valence-electron chi connectivity index (χ1n) is 5.78. The van der Waals surface area contributed by atoms with E-state index >= 15 is 0 Å². The second kappa shape index (κ2) is 4.70. The van der Waals surface area contributed by atoms with Crippen molar-refractivity contribution in [2.45, 2.75) is 32.2 Å². The van der Waals surface area contributed by atoms with Gasteiger partial charge < -0.3 is 15.5 Å². The lowest BCUT2D eigenvalue weighted by atomic mass is 10.0. The number of aryl methyl sites for hydroxylation is 1. The molecular weight excluding hydrogens is 204 g/mol. The van der Waals surface area contributed by atoms with E-state index in [0.717, 1.165) is 25.0 Å². The van der Waals surface area contributed by atoms with E-state index in [1.807, 2.05) is 6.92 Å². The third kappa shape index (κ3) is 2.27. The van der Waals surface area contributed by atoms with Crippen molar-refractivity contribution in [3.8, 4) is 0 Å². The van der Waals surface area contributed by atoms with Crippen LogP contribution in [0, 0.1) is 12.8 Å². The Morgan fingerprint density at radius 1 is 1.56 bits per heavy atom. The minimum atomic E-state index is -0.126. The lowest BCUT2D eigenvalue weighted by Gasteiger charge is -2.18. The summed E-state index contributed by atoms with van der Waals surface area (Å²) in [5.74, 6) is 1.44. The van der Waals surface area contributed by atoms with E-state index in [1.165, 1.54) is 0 Å². The highest BCUT2D eigenvalue weighted by molar-refractivity contribution is 5.91. The van der Waals surface area contributed by atoms with Crippen molar-refractivity contribution in [3.63, 3.8) is 0 Å². The number of hydrogen-bond acceptors (Lipinski definition) is 3. The number of hydrogen-bond donors (Lipinski definition) is 2. The number of furan rings is 1. The zero-order valence-corrected chi connectivity index (χ0v) is 9.53. The monoisotopic (exact) mass is 222 g/mol. The van der Waals surface area contributed by atoms with Crippen LogP contribution in [0.1, 0.15) is 35.6 Å². The van der Waals surface area contributed by atoms with Gasteiger partial charge >= 0.3 is 0 Å². The predicted molar refractivity (Wildman–Crippen MR) is 61.1 cm³/mol. The molecule has 0 aliphatic heterocycles. The van der Waals surface area contributed by atoms with Crippen LogP contribution in [0.2, 0.25) is 0 Å². The van der Waals surface area contributed by atoms with Gasteiger partial charge in [0.05, 0.1) is 0 Å². The van der Waals surface area contributed by atoms with Crippen molar-refractivity contribution in [2.24, 2.45) is 11.7 Å². The lowest BCUT2D eigenvalue weighted by Crippen LogP contribution is -2.39. The van der Waals surface area contributed by atoms with Gasteiger partial charge in [0.2, 0.25) is 0 Å². The first kappa shape index (κ1) is 11.2. The van der Waals surface area contributed by atoms with Crippen LogP contribution in [0.3, 0.4) is 0 Å². The normalized spacial score (nSPS) is 24.6. The molecule has 1 heterocycles. The molecule has 2 rings (SSSR count). The van der Waals surface area contributed by atoms with E-state index in [0.29, 0.717) is 18.2 Å². The SMILES string of the molecule is Cc1ccc(C(=O)NC2CCCC2CN)o1. The summed E-state index contributed by atoms with van der Waals surface area (Å²) in [5, 5.41) is 3.00. The van der Waals surface area contributed by atoms with Gasteiger partial charge in [-0.15, -0.1) is 0 Å². The Bertz CT molecular complexity index is 373. The summed E-state index contributed by atoms with van der Waals surface area (Å²) in [6.45, 7) is 2.47. The summed E-state index contributed by atoms with van der Waals surface area (Å²) >= 11 is 0. The fraction of sp³-hybridized carbons (Fsp3) is 0.583. The number of nitrogens with one attached hydrogen (secondary N) is 1. The van der Waals surface area contributed by atoms with Crippen molar-refractivity contribution >= 4 is 5.91 Å². The predicted octanol–water partition coefficient (Wildman–Crippen LogP) is 1.45. The molecule has 0 aromatic carbocycles. The summed E-state index contributed by atoms with van der Waals surface area (Å²) in [6, 6.07) is 3.71. The van der Waals surface area contributed by atoms with Crippen LogP contribution in [0.15, 0.2) is 16.5 Å². The molecule has 2 atom stereocenters. The highest BCUT2D eigenvalue weighted by Crippen LogP contribution is 2.24. The maximum absolute atomic E-state index is 11.8. The second-order valence-electron chi connectivity index (χ2n) is 4.42. The third-order valence-corrected chi connectivity index (χ3v) is 3.24. The zero-order valence-electron chi connectivity index (χ0n) is 9.53. The van der Waals surface area contributed by atoms with Crippen LogP contribution >= 0.6 is 0 Å². The smallest absolute Gasteiger partial charge is 0.287 e. The summed E-state index contributed by atoms with van der Waals surface area (Å²) in [7, 11) is 0. The number of nitrogens with two attached hydrogens (primary N) is 1. The molecule has 1 fully saturated rings.